The summed E-state index contributed by atoms with van der Waals surface area (Å²) in [6.07, 6.45) is 0.847. The molecule has 3 rings (SSSR count). The van der Waals surface area contributed by atoms with Gasteiger partial charge in [-0.05, 0) is 48.4 Å². The molecule has 0 aromatic heterocycles. The Morgan fingerprint density at radius 1 is 1.15 bits per heavy atom. The zero-order valence-corrected chi connectivity index (χ0v) is 15.1. The Labute approximate surface area is 157 Å². The average Bonchev–Trinajstić information content (AvgIpc) is 2.63. The van der Waals surface area contributed by atoms with Gasteiger partial charge in [0.05, 0.1) is 12.6 Å². The van der Waals surface area contributed by atoms with Crippen molar-refractivity contribution < 1.29 is 18.7 Å². The standard InChI is InChI=1S/C20H22FN3O3/c1-27-13-11-22-19(25)15-4-8-17(9-5-15)23-20(26)24-12-10-18(24)14-2-6-16(21)7-3-14/h2-9,18H,10-13H2,1H3,(H,22,25)(H,23,26)/t18-/m0/s1. The molecule has 0 saturated carbocycles. The van der Waals surface area contributed by atoms with Crippen LogP contribution >= 0.6 is 0 Å². The third kappa shape index (κ3) is 4.62. The number of rotatable bonds is 6. The summed E-state index contributed by atoms with van der Waals surface area (Å²) in [5.74, 6) is -0.482. The maximum Gasteiger partial charge on any atom is 0.322 e. The number of nitrogens with zero attached hydrogens (tertiary/aromatic N) is 1. The van der Waals surface area contributed by atoms with Gasteiger partial charge >= 0.3 is 6.03 Å². The van der Waals surface area contributed by atoms with E-state index in [-0.39, 0.29) is 23.8 Å². The topological polar surface area (TPSA) is 70.7 Å². The van der Waals surface area contributed by atoms with E-state index < -0.39 is 0 Å². The number of carbonyl (C=O) groups is 2. The molecule has 1 fully saturated rings. The highest BCUT2D eigenvalue weighted by Crippen LogP contribution is 2.33. The molecule has 0 aliphatic carbocycles. The second-order valence-electron chi connectivity index (χ2n) is 6.31. The first-order chi connectivity index (χ1) is 13.1. The van der Waals surface area contributed by atoms with Crippen LogP contribution in [0.25, 0.3) is 0 Å². The summed E-state index contributed by atoms with van der Waals surface area (Å²) in [4.78, 5) is 26.1. The van der Waals surface area contributed by atoms with E-state index in [0.29, 0.717) is 30.9 Å². The zero-order valence-electron chi connectivity index (χ0n) is 15.1. The summed E-state index contributed by atoms with van der Waals surface area (Å²) in [5.41, 5.74) is 2.04. The third-order valence-corrected chi connectivity index (χ3v) is 4.53. The summed E-state index contributed by atoms with van der Waals surface area (Å²) in [6.45, 7) is 1.53. The van der Waals surface area contributed by atoms with Crippen molar-refractivity contribution in [1.29, 1.82) is 0 Å². The number of likely N-dealkylation sites (tertiary alicyclic amines) is 1. The average molecular weight is 371 g/mol. The predicted molar refractivity (Wildman–Crippen MR) is 100 cm³/mol. The number of hydrogen-bond donors (Lipinski definition) is 2. The van der Waals surface area contributed by atoms with Gasteiger partial charge in [-0.3, -0.25) is 4.79 Å². The van der Waals surface area contributed by atoms with Gasteiger partial charge in [0.15, 0.2) is 0 Å². The summed E-state index contributed by atoms with van der Waals surface area (Å²) in [6, 6.07) is 12.7. The largest absolute Gasteiger partial charge is 0.383 e. The Kier molecular flexibility index (Phi) is 6.03. The van der Waals surface area contributed by atoms with Crippen LogP contribution in [0, 0.1) is 5.82 Å². The Morgan fingerprint density at radius 3 is 2.44 bits per heavy atom. The summed E-state index contributed by atoms with van der Waals surface area (Å²) in [7, 11) is 1.57. The van der Waals surface area contributed by atoms with E-state index in [1.54, 1.807) is 48.4 Å². The minimum Gasteiger partial charge on any atom is -0.383 e. The summed E-state index contributed by atoms with van der Waals surface area (Å²) in [5, 5.41) is 5.57. The Hall–Kier alpha value is -2.93. The van der Waals surface area contributed by atoms with Crippen LogP contribution in [-0.2, 0) is 4.74 Å². The van der Waals surface area contributed by atoms with E-state index in [9.17, 15) is 14.0 Å². The minimum absolute atomic E-state index is 0.0450. The molecule has 0 bridgehead atoms. The van der Waals surface area contributed by atoms with E-state index in [1.807, 2.05) is 0 Å². The molecule has 27 heavy (non-hydrogen) atoms. The van der Waals surface area contributed by atoms with Crippen molar-refractivity contribution in [3.63, 3.8) is 0 Å². The van der Waals surface area contributed by atoms with Gasteiger partial charge < -0.3 is 20.3 Å². The predicted octanol–water partition coefficient (Wildman–Crippen LogP) is 3.18. The van der Waals surface area contributed by atoms with E-state index in [4.69, 9.17) is 4.74 Å². The lowest BCUT2D eigenvalue weighted by molar-refractivity contribution is 0.0937. The fourth-order valence-electron chi connectivity index (χ4n) is 2.93. The molecule has 1 saturated heterocycles. The number of urea groups is 1. The molecule has 1 atom stereocenters. The van der Waals surface area contributed by atoms with Crippen LogP contribution < -0.4 is 10.6 Å². The lowest BCUT2D eigenvalue weighted by atomic mass is 9.95. The summed E-state index contributed by atoms with van der Waals surface area (Å²) >= 11 is 0. The number of carbonyl (C=O) groups excluding carboxylic acids is 2. The van der Waals surface area contributed by atoms with Gasteiger partial charge in [-0.2, -0.15) is 0 Å². The fraction of sp³-hybridized carbons (Fsp3) is 0.300. The molecule has 2 N–H and O–H groups in total. The maximum atomic E-state index is 13.1. The van der Waals surface area contributed by atoms with Crippen LogP contribution in [0.2, 0.25) is 0 Å². The second kappa shape index (κ2) is 8.64. The lowest BCUT2D eigenvalue weighted by Gasteiger charge is -2.41. The highest BCUT2D eigenvalue weighted by atomic mass is 19.1. The highest BCUT2D eigenvalue weighted by molar-refractivity contribution is 5.95. The van der Waals surface area contributed by atoms with Crippen LogP contribution in [0.5, 0.6) is 0 Å². The van der Waals surface area contributed by atoms with Crippen LogP contribution in [0.1, 0.15) is 28.4 Å². The lowest BCUT2D eigenvalue weighted by Crippen LogP contribution is -2.47. The second-order valence-corrected chi connectivity index (χ2v) is 6.31. The molecule has 3 amide bonds. The maximum absolute atomic E-state index is 13.1. The van der Waals surface area contributed by atoms with Crippen molar-refractivity contribution in [3.8, 4) is 0 Å². The number of amides is 3. The highest BCUT2D eigenvalue weighted by Gasteiger charge is 2.33. The van der Waals surface area contributed by atoms with Gasteiger partial charge in [0, 0.05) is 31.5 Å². The molecule has 1 aliphatic heterocycles. The molecule has 142 valence electrons. The normalized spacial score (nSPS) is 15.8. The van der Waals surface area contributed by atoms with E-state index in [0.717, 1.165) is 12.0 Å². The molecular weight excluding hydrogens is 349 g/mol. The van der Waals surface area contributed by atoms with Gasteiger partial charge in [0.1, 0.15) is 5.82 Å². The number of halogens is 1. The molecule has 0 spiro atoms. The Bertz CT molecular complexity index is 793. The smallest absolute Gasteiger partial charge is 0.322 e. The van der Waals surface area contributed by atoms with Crippen LogP contribution in [-0.4, -0.2) is 43.6 Å². The molecule has 0 radical (unpaired) electrons. The van der Waals surface area contributed by atoms with Crippen LogP contribution in [0.3, 0.4) is 0 Å². The quantitative estimate of drug-likeness (QED) is 0.766. The molecule has 0 unspecified atom stereocenters. The van der Waals surface area contributed by atoms with Crippen molar-refractivity contribution >= 4 is 17.6 Å². The molecule has 1 heterocycles. The van der Waals surface area contributed by atoms with Crippen LogP contribution in [0.15, 0.2) is 48.5 Å². The Morgan fingerprint density at radius 2 is 1.85 bits per heavy atom. The van der Waals surface area contributed by atoms with Crippen molar-refractivity contribution in [2.75, 3.05) is 32.1 Å². The number of ether oxygens (including phenoxy) is 1. The first-order valence-corrected chi connectivity index (χ1v) is 8.79. The third-order valence-electron chi connectivity index (χ3n) is 4.53. The van der Waals surface area contributed by atoms with Crippen molar-refractivity contribution in [2.24, 2.45) is 0 Å². The summed E-state index contributed by atoms with van der Waals surface area (Å²) < 4.78 is 18.0. The first kappa shape index (κ1) is 18.8. The van der Waals surface area contributed by atoms with Crippen molar-refractivity contribution in [2.45, 2.75) is 12.5 Å². The number of methoxy groups -OCH3 is 1. The van der Waals surface area contributed by atoms with E-state index in [1.165, 1.54) is 12.1 Å². The van der Waals surface area contributed by atoms with Gasteiger partial charge in [0.2, 0.25) is 0 Å². The minimum atomic E-state index is -0.291. The van der Waals surface area contributed by atoms with E-state index >= 15 is 0 Å². The SMILES string of the molecule is COCCNC(=O)c1ccc(NC(=O)N2CC[C@H]2c2ccc(F)cc2)cc1. The first-order valence-electron chi connectivity index (χ1n) is 8.79. The van der Waals surface area contributed by atoms with Gasteiger partial charge in [-0.25, -0.2) is 9.18 Å². The monoisotopic (exact) mass is 371 g/mol. The number of hydrogen-bond acceptors (Lipinski definition) is 3. The number of nitrogens with one attached hydrogen (secondary N) is 2. The molecular formula is C20H22FN3O3. The van der Waals surface area contributed by atoms with Crippen molar-refractivity contribution in [3.05, 3.63) is 65.5 Å². The fourth-order valence-corrected chi connectivity index (χ4v) is 2.93. The molecule has 1 aliphatic rings. The van der Waals surface area contributed by atoms with Crippen molar-refractivity contribution in [1.82, 2.24) is 10.2 Å². The number of benzene rings is 2. The molecule has 6 nitrogen and oxygen atoms in total. The van der Waals surface area contributed by atoms with Gasteiger partial charge in [0.25, 0.3) is 5.91 Å². The van der Waals surface area contributed by atoms with Gasteiger partial charge in [-0.1, -0.05) is 12.1 Å². The number of anilines is 1. The van der Waals surface area contributed by atoms with Crippen LogP contribution in [0.4, 0.5) is 14.9 Å². The molecule has 7 heteroatoms. The van der Waals surface area contributed by atoms with Gasteiger partial charge in [-0.15, -0.1) is 0 Å². The Balaban J connectivity index is 1.56. The molecule has 2 aromatic carbocycles. The zero-order chi connectivity index (χ0) is 19.2. The van der Waals surface area contributed by atoms with E-state index in [2.05, 4.69) is 10.6 Å². The molecule has 2 aromatic rings.